The number of aromatic nitrogens is 1. The molecule has 2 aromatic rings. The minimum absolute atomic E-state index is 0.641. The Hall–Kier alpha value is -1.08. The van der Waals surface area contributed by atoms with Crippen molar-refractivity contribution in [2.45, 2.75) is 20.3 Å². The highest BCUT2D eigenvalue weighted by Gasteiger charge is 2.01. The molecule has 0 aliphatic heterocycles. The van der Waals surface area contributed by atoms with E-state index < -0.39 is 0 Å². The Balaban J connectivity index is 2.43. The summed E-state index contributed by atoms with van der Waals surface area (Å²) in [6, 6.07) is 9.98. The first-order valence-corrected chi connectivity index (χ1v) is 5.58. The van der Waals surface area contributed by atoms with Gasteiger partial charge in [0.25, 0.3) is 0 Å². The highest BCUT2D eigenvalue weighted by Crippen LogP contribution is 2.18. The van der Waals surface area contributed by atoms with Crippen LogP contribution in [0.15, 0.2) is 30.3 Å². The van der Waals surface area contributed by atoms with Crippen molar-refractivity contribution in [3.63, 3.8) is 0 Å². The second kappa shape index (κ2) is 4.19. The molecule has 0 aliphatic carbocycles. The Morgan fingerprint density at radius 1 is 1.20 bits per heavy atom. The Labute approximate surface area is 95.1 Å². The zero-order valence-electron chi connectivity index (χ0n) is 9.00. The Bertz CT molecular complexity index is 477. The van der Waals surface area contributed by atoms with E-state index in [-0.39, 0.29) is 0 Å². The van der Waals surface area contributed by atoms with Crippen LogP contribution >= 0.6 is 11.6 Å². The van der Waals surface area contributed by atoms with Gasteiger partial charge >= 0.3 is 0 Å². The molecular formula is C13H14ClN. The van der Waals surface area contributed by atoms with Crippen LogP contribution in [-0.2, 0) is 6.42 Å². The number of pyridine rings is 1. The molecule has 0 saturated carbocycles. The Morgan fingerprint density at radius 2 is 2.00 bits per heavy atom. The standard InChI is InChI=1S/C13H14ClN/c1-9(2)7-12-5-3-10-8-11(14)4-6-13(10)15-12/h3-6,8-9H,7H2,1-2H3. The molecule has 1 aromatic heterocycles. The summed E-state index contributed by atoms with van der Waals surface area (Å²) < 4.78 is 0. The van der Waals surface area contributed by atoms with Crippen LogP contribution < -0.4 is 0 Å². The summed E-state index contributed by atoms with van der Waals surface area (Å²) in [5, 5.41) is 1.87. The summed E-state index contributed by atoms with van der Waals surface area (Å²) in [7, 11) is 0. The van der Waals surface area contributed by atoms with Gasteiger partial charge in [0.05, 0.1) is 5.52 Å². The molecular weight excluding hydrogens is 206 g/mol. The molecule has 2 heteroatoms. The lowest BCUT2D eigenvalue weighted by Gasteiger charge is -2.05. The van der Waals surface area contributed by atoms with Crippen molar-refractivity contribution in [2.24, 2.45) is 5.92 Å². The molecule has 1 heterocycles. The summed E-state index contributed by atoms with van der Waals surface area (Å²) in [6.45, 7) is 4.40. The summed E-state index contributed by atoms with van der Waals surface area (Å²) in [6.07, 6.45) is 1.03. The van der Waals surface area contributed by atoms with Gasteiger partial charge in [0, 0.05) is 16.1 Å². The lowest BCUT2D eigenvalue weighted by Crippen LogP contribution is -1.96. The van der Waals surface area contributed by atoms with E-state index in [1.54, 1.807) is 0 Å². The van der Waals surface area contributed by atoms with E-state index in [4.69, 9.17) is 11.6 Å². The van der Waals surface area contributed by atoms with Crippen LogP contribution in [0.5, 0.6) is 0 Å². The molecule has 0 unspecified atom stereocenters. The SMILES string of the molecule is CC(C)Cc1ccc2cc(Cl)ccc2n1. The lowest BCUT2D eigenvalue weighted by molar-refractivity contribution is 0.637. The van der Waals surface area contributed by atoms with Crippen molar-refractivity contribution >= 4 is 22.5 Å². The molecule has 2 rings (SSSR count). The van der Waals surface area contributed by atoms with Crippen LogP contribution in [0.25, 0.3) is 10.9 Å². The van der Waals surface area contributed by atoms with Gasteiger partial charge in [-0.2, -0.15) is 0 Å². The second-order valence-electron chi connectivity index (χ2n) is 4.24. The molecule has 15 heavy (non-hydrogen) atoms. The van der Waals surface area contributed by atoms with Crippen molar-refractivity contribution in [3.8, 4) is 0 Å². The molecule has 0 fully saturated rings. The fourth-order valence-corrected chi connectivity index (χ4v) is 1.85. The molecule has 0 atom stereocenters. The average Bonchev–Trinajstić information content (AvgIpc) is 2.17. The fraction of sp³-hybridized carbons (Fsp3) is 0.308. The fourth-order valence-electron chi connectivity index (χ4n) is 1.67. The molecule has 0 radical (unpaired) electrons. The van der Waals surface area contributed by atoms with Gasteiger partial charge < -0.3 is 0 Å². The van der Waals surface area contributed by atoms with Crippen molar-refractivity contribution < 1.29 is 0 Å². The van der Waals surface area contributed by atoms with Gasteiger partial charge in [0.2, 0.25) is 0 Å². The maximum Gasteiger partial charge on any atom is 0.0706 e. The largest absolute Gasteiger partial charge is 0.253 e. The first-order chi connectivity index (χ1) is 7.15. The van der Waals surface area contributed by atoms with Crippen LogP contribution in [-0.4, -0.2) is 4.98 Å². The van der Waals surface area contributed by atoms with Crippen LogP contribution in [0, 0.1) is 5.92 Å². The smallest absolute Gasteiger partial charge is 0.0706 e. The number of hydrogen-bond acceptors (Lipinski definition) is 1. The maximum atomic E-state index is 5.92. The third-order valence-electron chi connectivity index (χ3n) is 2.33. The first kappa shape index (κ1) is 10.4. The molecule has 0 saturated heterocycles. The molecule has 0 aliphatic rings. The predicted octanol–water partition coefficient (Wildman–Crippen LogP) is 4.09. The second-order valence-corrected chi connectivity index (χ2v) is 4.67. The quantitative estimate of drug-likeness (QED) is 0.742. The summed E-state index contributed by atoms with van der Waals surface area (Å²) in [5.41, 5.74) is 2.18. The van der Waals surface area contributed by atoms with E-state index in [9.17, 15) is 0 Å². The number of fused-ring (bicyclic) bond motifs is 1. The molecule has 0 amide bonds. The van der Waals surface area contributed by atoms with E-state index in [1.807, 2.05) is 18.2 Å². The zero-order chi connectivity index (χ0) is 10.8. The van der Waals surface area contributed by atoms with Gasteiger partial charge in [0.15, 0.2) is 0 Å². The van der Waals surface area contributed by atoms with Gasteiger partial charge in [-0.15, -0.1) is 0 Å². The van der Waals surface area contributed by atoms with E-state index in [1.165, 1.54) is 0 Å². The van der Waals surface area contributed by atoms with Crippen LogP contribution in [0.4, 0.5) is 0 Å². The monoisotopic (exact) mass is 219 g/mol. The molecule has 1 aromatic carbocycles. The van der Waals surface area contributed by atoms with Gasteiger partial charge in [-0.05, 0) is 36.6 Å². The third-order valence-corrected chi connectivity index (χ3v) is 2.56. The molecule has 0 N–H and O–H groups in total. The minimum Gasteiger partial charge on any atom is -0.253 e. The van der Waals surface area contributed by atoms with Gasteiger partial charge in [-0.25, -0.2) is 0 Å². The molecule has 78 valence electrons. The number of rotatable bonds is 2. The highest BCUT2D eigenvalue weighted by atomic mass is 35.5. The van der Waals surface area contributed by atoms with Gasteiger partial charge in [-0.1, -0.05) is 31.5 Å². The molecule has 0 spiro atoms. The average molecular weight is 220 g/mol. The maximum absolute atomic E-state index is 5.92. The molecule has 1 nitrogen and oxygen atoms in total. The van der Waals surface area contributed by atoms with Gasteiger partial charge in [-0.3, -0.25) is 4.98 Å². The van der Waals surface area contributed by atoms with E-state index in [0.717, 1.165) is 28.0 Å². The van der Waals surface area contributed by atoms with Crippen LogP contribution in [0.1, 0.15) is 19.5 Å². The van der Waals surface area contributed by atoms with Crippen LogP contribution in [0.2, 0.25) is 5.02 Å². The number of nitrogens with zero attached hydrogens (tertiary/aromatic N) is 1. The third kappa shape index (κ3) is 2.48. The Kier molecular flexibility index (Phi) is 2.92. The number of halogens is 1. The number of hydrogen-bond donors (Lipinski definition) is 0. The summed E-state index contributed by atoms with van der Waals surface area (Å²) in [4.78, 5) is 4.60. The number of benzene rings is 1. The normalized spacial score (nSPS) is 11.2. The summed E-state index contributed by atoms with van der Waals surface area (Å²) in [5.74, 6) is 0.641. The topological polar surface area (TPSA) is 12.9 Å². The van der Waals surface area contributed by atoms with E-state index in [0.29, 0.717) is 5.92 Å². The molecule has 0 bridgehead atoms. The predicted molar refractivity (Wildman–Crippen MR) is 65.3 cm³/mol. The van der Waals surface area contributed by atoms with Crippen molar-refractivity contribution in [3.05, 3.63) is 41.0 Å². The van der Waals surface area contributed by atoms with Crippen molar-refractivity contribution in [1.29, 1.82) is 0 Å². The van der Waals surface area contributed by atoms with Crippen molar-refractivity contribution in [1.82, 2.24) is 4.98 Å². The zero-order valence-corrected chi connectivity index (χ0v) is 9.75. The lowest BCUT2D eigenvalue weighted by atomic mass is 10.1. The highest BCUT2D eigenvalue weighted by molar-refractivity contribution is 6.31. The Morgan fingerprint density at radius 3 is 2.73 bits per heavy atom. The van der Waals surface area contributed by atoms with Gasteiger partial charge in [0.1, 0.15) is 0 Å². The van der Waals surface area contributed by atoms with E-state index in [2.05, 4.69) is 31.0 Å². The van der Waals surface area contributed by atoms with Crippen molar-refractivity contribution in [2.75, 3.05) is 0 Å². The van der Waals surface area contributed by atoms with E-state index >= 15 is 0 Å². The minimum atomic E-state index is 0.641. The first-order valence-electron chi connectivity index (χ1n) is 5.20. The summed E-state index contributed by atoms with van der Waals surface area (Å²) >= 11 is 5.92. The van der Waals surface area contributed by atoms with Crippen LogP contribution in [0.3, 0.4) is 0 Å².